The van der Waals surface area contributed by atoms with Crippen molar-refractivity contribution in [3.8, 4) is 11.5 Å². The van der Waals surface area contributed by atoms with Gasteiger partial charge in [0, 0.05) is 12.6 Å². The summed E-state index contributed by atoms with van der Waals surface area (Å²) >= 11 is 3.35. The van der Waals surface area contributed by atoms with Gasteiger partial charge >= 0.3 is 0 Å². The first-order valence-corrected chi connectivity index (χ1v) is 4.73. The Morgan fingerprint density at radius 3 is 2.85 bits per heavy atom. The molecule has 0 atom stereocenters. The van der Waals surface area contributed by atoms with Gasteiger partial charge in [-0.3, -0.25) is 0 Å². The molecule has 0 aliphatic heterocycles. The molecule has 0 aromatic heterocycles. The van der Waals surface area contributed by atoms with Gasteiger partial charge in [0.15, 0.2) is 0 Å². The Morgan fingerprint density at radius 2 is 2.23 bits per heavy atom. The zero-order valence-corrected chi connectivity index (χ0v) is 9.00. The molecule has 0 aliphatic carbocycles. The molecule has 2 N–H and O–H groups in total. The molecule has 0 aliphatic rings. The molecular weight excluding hydrogens is 234 g/mol. The van der Waals surface area contributed by atoms with E-state index in [9.17, 15) is 0 Å². The van der Waals surface area contributed by atoms with Crippen molar-refractivity contribution in [2.24, 2.45) is 5.73 Å². The molecule has 0 amide bonds. The van der Waals surface area contributed by atoms with Crippen LogP contribution in [0.4, 0.5) is 0 Å². The van der Waals surface area contributed by atoms with Crippen LogP contribution in [-0.4, -0.2) is 20.3 Å². The minimum absolute atomic E-state index is 0.512. The summed E-state index contributed by atoms with van der Waals surface area (Å²) in [5.74, 6) is 1.53. The summed E-state index contributed by atoms with van der Waals surface area (Å²) in [5.41, 5.74) is 5.31. The maximum absolute atomic E-state index is 5.33. The van der Waals surface area contributed by atoms with Crippen molar-refractivity contribution in [2.75, 3.05) is 20.3 Å². The average molecular weight is 246 g/mol. The minimum Gasteiger partial charge on any atom is -0.495 e. The summed E-state index contributed by atoms with van der Waals surface area (Å²) in [4.78, 5) is 0. The van der Waals surface area contributed by atoms with Crippen molar-refractivity contribution >= 4 is 15.9 Å². The molecule has 0 unspecified atom stereocenters. The summed E-state index contributed by atoms with van der Waals surface area (Å²) < 4.78 is 11.3. The SMILES string of the molecule is COc1cc(OCCN)ccc1Br. The lowest BCUT2D eigenvalue weighted by molar-refractivity contribution is 0.324. The van der Waals surface area contributed by atoms with Gasteiger partial charge in [-0.25, -0.2) is 0 Å². The molecule has 0 fully saturated rings. The fourth-order valence-electron chi connectivity index (χ4n) is 0.907. The zero-order valence-electron chi connectivity index (χ0n) is 7.42. The summed E-state index contributed by atoms with van der Waals surface area (Å²) in [5, 5.41) is 0. The van der Waals surface area contributed by atoms with E-state index in [1.165, 1.54) is 0 Å². The fraction of sp³-hybridized carbons (Fsp3) is 0.333. The van der Waals surface area contributed by atoms with Crippen LogP contribution in [0.1, 0.15) is 0 Å². The number of nitrogens with two attached hydrogens (primary N) is 1. The van der Waals surface area contributed by atoms with Gasteiger partial charge in [-0.2, -0.15) is 0 Å². The first-order valence-electron chi connectivity index (χ1n) is 3.94. The molecular formula is C9H12BrNO2. The monoisotopic (exact) mass is 245 g/mol. The number of benzene rings is 1. The Balaban J connectivity index is 2.74. The predicted octanol–water partition coefficient (Wildman–Crippen LogP) is 1.80. The molecule has 0 spiro atoms. The van der Waals surface area contributed by atoms with Crippen LogP contribution in [0.15, 0.2) is 22.7 Å². The van der Waals surface area contributed by atoms with Crippen molar-refractivity contribution in [1.29, 1.82) is 0 Å². The third kappa shape index (κ3) is 2.90. The summed E-state index contributed by atoms with van der Waals surface area (Å²) in [6, 6.07) is 5.56. The highest BCUT2D eigenvalue weighted by atomic mass is 79.9. The van der Waals surface area contributed by atoms with Crippen molar-refractivity contribution in [2.45, 2.75) is 0 Å². The van der Waals surface area contributed by atoms with Crippen LogP contribution in [0.5, 0.6) is 11.5 Å². The fourth-order valence-corrected chi connectivity index (χ4v) is 1.32. The molecule has 0 saturated heterocycles. The Labute approximate surface area is 86.0 Å². The second-order valence-corrected chi connectivity index (χ2v) is 3.29. The second-order valence-electron chi connectivity index (χ2n) is 2.43. The van der Waals surface area contributed by atoms with E-state index in [1.54, 1.807) is 7.11 Å². The number of hydrogen-bond acceptors (Lipinski definition) is 3. The highest BCUT2D eigenvalue weighted by Crippen LogP contribution is 2.28. The predicted molar refractivity (Wildman–Crippen MR) is 55.2 cm³/mol. The number of hydrogen-bond donors (Lipinski definition) is 1. The van der Waals surface area contributed by atoms with Gasteiger partial charge in [-0.05, 0) is 28.1 Å². The van der Waals surface area contributed by atoms with Crippen LogP contribution in [0.2, 0.25) is 0 Å². The average Bonchev–Trinajstić information content (AvgIpc) is 2.16. The lowest BCUT2D eigenvalue weighted by Gasteiger charge is -2.07. The van der Waals surface area contributed by atoms with E-state index in [-0.39, 0.29) is 0 Å². The van der Waals surface area contributed by atoms with E-state index in [4.69, 9.17) is 15.2 Å². The van der Waals surface area contributed by atoms with Crippen LogP contribution >= 0.6 is 15.9 Å². The first kappa shape index (κ1) is 10.3. The largest absolute Gasteiger partial charge is 0.495 e. The van der Waals surface area contributed by atoms with Gasteiger partial charge in [0.25, 0.3) is 0 Å². The summed E-state index contributed by atoms with van der Waals surface area (Å²) in [6.07, 6.45) is 0. The molecule has 0 saturated carbocycles. The standard InChI is InChI=1S/C9H12BrNO2/c1-12-9-6-7(13-5-4-11)2-3-8(9)10/h2-3,6H,4-5,11H2,1H3. The normalized spacial score (nSPS) is 9.77. The Bertz CT molecular complexity index is 278. The molecule has 4 heteroatoms. The summed E-state index contributed by atoms with van der Waals surface area (Å²) in [7, 11) is 1.62. The van der Waals surface area contributed by atoms with Crippen LogP contribution < -0.4 is 15.2 Å². The number of ether oxygens (including phenoxy) is 2. The highest BCUT2D eigenvalue weighted by Gasteiger charge is 2.01. The third-order valence-electron chi connectivity index (χ3n) is 1.51. The van der Waals surface area contributed by atoms with Crippen LogP contribution in [0.25, 0.3) is 0 Å². The van der Waals surface area contributed by atoms with E-state index in [0.29, 0.717) is 13.2 Å². The molecule has 3 nitrogen and oxygen atoms in total. The van der Waals surface area contributed by atoms with Crippen LogP contribution in [-0.2, 0) is 0 Å². The van der Waals surface area contributed by atoms with Gasteiger partial charge in [-0.15, -0.1) is 0 Å². The van der Waals surface area contributed by atoms with Crippen molar-refractivity contribution < 1.29 is 9.47 Å². The van der Waals surface area contributed by atoms with E-state index in [2.05, 4.69) is 15.9 Å². The third-order valence-corrected chi connectivity index (χ3v) is 2.16. The maximum Gasteiger partial charge on any atom is 0.136 e. The smallest absolute Gasteiger partial charge is 0.136 e. The van der Waals surface area contributed by atoms with Gasteiger partial charge in [0.2, 0.25) is 0 Å². The minimum atomic E-state index is 0.512. The number of methoxy groups -OCH3 is 1. The second kappa shape index (κ2) is 5.09. The van der Waals surface area contributed by atoms with E-state index < -0.39 is 0 Å². The molecule has 0 bridgehead atoms. The quantitative estimate of drug-likeness (QED) is 0.880. The van der Waals surface area contributed by atoms with Crippen molar-refractivity contribution in [3.05, 3.63) is 22.7 Å². The van der Waals surface area contributed by atoms with E-state index in [0.717, 1.165) is 16.0 Å². The zero-order chi connectivity index (χ0) is 9.68. The topological polar surface area (TPSA) is 44.5 Å². The molecule has 1 rings (SSSR count). The summed E-state index contributed by atoms with van der Waals surface area (Å²) in [6.45, 7) is 1.03. The molecule has 0 heterocycles. The lowest BCUT2D eigenvalue weighted by Crippen LogP contribution is -2.10. The van der Waals surface area contributed by atoms with E-state index in [1.807, 2.05) is 18.2 Å². The highest BCUT2D eigenvalue weighted by molar-refractivity contribution is 9.10. The molecule has 72 valence electrons. The lowest BCUT2D eigenvalue weighted by atomic mass is 10.3. The van der Waals surface area contributed by atoms with Gasteiger partial charge in [0.05, 0.1) is 11.6 Å². The van der Waals surface area contributed by atoms with E-state index >= 15 is 0 Å². The molecule has 13 heavy (non-hydrogen) atoms. The first-order chi connectivity index (χ1) is 6.27. The van der Waals surface area contributed by atoms with Gasteiger partial charge < -0.3 is 15.2 Å². The van der Waals surface area contributed by atoms with Crippen molar-refractivity contribution in [1.82, 2.24) is 0 Å². The molecule has 1 aromatic carbocycles. The van der Waals surface area contributed by atoms with Crippen molar-refractivity contribution in [3.63, 3.8) is 0 Å². The molecule has 0 radical (unpaired) electrons. The Hall–Kier alpha value is -0.740. The van der Waals surface area contributed by atoms with Gasteiger partial charge in [0.1, 0.15) is 18.1 Å². The van der Waals surface area contributed by atoms with Gasteiger partial charge in [-0.1, -0.05) is 0 Å². The van der Waals surface area contributed by atoms with Crippen LogP contribution in [0, 0.1) is 0 Å². The Morgan fingerprint density at radius 1 is 1.46 bits per heavy atom. The Kier molecular flexibility index (Phi) is 4.05. The maximum atomic E-state index is 5.33. The number of rotatable bonds is 4. The van der Waals surface area contributed by atoms with Crippen LogP contribution in [0.3, 0.4) is 0 Å². The molecule has 1 aromatic rings. The number of halogens is 1.